The molecule has 1 aliphatic heterocycles. The van der Waals surface area contributed by atoms with Gasteiger partial charge in [0.15, 0.2) is 0 Å². The molecule has 2 aromatic carbocycles. The molecule has 2 aromatic rings. The van der Waals surface area contributed by atoms with Gasteiger partial charge in [-0.15, -0.1) is 0 Å². The first-order chi connectivity index (χ1) is 13.3. The van der Waals surface area contributed by atoms with Crippen LogP contribution in [0.2, 0.25) is 0 Å². The number of sulfonamides is 1. The molecule has 1 saturated heterocycles. The van der Waals surface area contributed by atoms with Gasteiger partial charge in [0.05, 0.1) is 0 Å². The molecule has 1 aliphatic rings. The smallest absolute Gasteiger partial charge is 0.246 e. The Bertz CT molecular complexity index is 971. The maximum absolute atomic E-state index is 13.9. The highest BCUT2D eigenvalue weighted by atomic mass is 32.2. The van der Waals surface area contributed by atoms with Crippen molar-refractivity contribution >= 4 is 21.6 Å². The molecule has 0 saturated carbocycles. The summed E-state index contributed by atoms with van der Waals surface area (Å²) in [4.78, 5) is 11.8. The van der Waals surface area contributed by atoms with Crippen LogP contribution < -0.4 is 5.32 Å². The SMILES string of the molecule is CCc1cccc(NC(=O)C2CCN(S(=O)(=O)c3cc(F)ccc3F)CC2)c1. The first kappa shape index (κ1) is 20.4. The highest BCUT2D eigenvalue weighted by Gasteiger charge is 2.33. The monoisotopic (exact) mass is 408 g/mol. The molecule has 3 rings (SSSR count). The topological polar surface area (TPSA) is 66.5 Å². The summed E-state index contributed by atoms with van der Waals surface area (Å²) < 4.78 is 53.6. The lowest BCUT2D eigenvalue weighted by Crippen LogP contribution is -2.41. The number of piperidine rings is 1. The van der Waals surface area contributed by atoms with E-state index in [0.29, 0.717) is 24.6 Å². The number of benzene rings is 2. The molecule has 0 aliphatic carbocycles. The van der Waals surface area contributed by atoms with E-state index in [4.69, 9.17) is 0 Å². The summed E-state index contributed by atoms with van der Waals surface area (Å²) in [6.07, 6.45) is 1.49. The Labute approximate surface area is 163 Å². The lowest BCUT2D eigenvalue weighted by Gasteiger charge is -2.30. The van der Waals surface area contributed by atoms with Crippen LogP contribution in [-0.4, -0.2) is 31.7 Å². The summed E-state index contributed by atoms with van der Waals surface area (Å²) in [6, 6.07) is 9.92. The van der Waals surface area contributed by atoms with Gasteiger partial charge in [-0.1, -0.05) is 19.1 Å². The third kappa shape index (κ3) is 4.39. The molecular weight excluding hydrogens is 386 g/mol. The minimum atomic E-state index is -4.15. The lowest BCUT2D eigenvalue weighted by molar-refractivity contribution is -0.120. The third-order valence-corrected chi connectivity index (χ3v) is 6.85. The van der Waals surface area contributed by atoms with Crippen LogP contribution in [0.1, 0.15) is 25.3 Å². The Balaban J connectivity index is 1.65. The molecule has 0 bridgehead atoms. The van der Waals surface area contributed by atoms with Gasteiger partial charge in [0.25, 0.3) is 0 Å². The van der Waals surface area contributed by atoms with Gasteiger partial charge in [-0.05, 0) is 55.2 Å². The van der Waals surface area contributed by atoms with Crippen molar-refractivity contribution in [2.75, 3.05) is 18.4 Å². The molecule has 0 spiro atoms. The second kappa shape index (κ2) is 8.36. The van der Waals surface area contributed by atoms with Crippen molar-refractivity contribution in [3.05, 3.63) is 59.7 Å². The van der Waals surface area contributed by atoms with Crippen molar-refractivity contribution in [1.82, 2.24) is 4.31 Å². The molecule has 28 heavy (non-hydrogen) atoms. The highest BCUT2D eigenvalue weighted by molar-refractivity contribution is 7.89. The van der Waals surface area contributed by atoms with E-state index < -0.39 is 26.6 Å². The summed E-state index contributed by atoms with van der Waals surface area (Å²) in [5, 5.41) is 2.87. The van der Waals surface area contributed by atoms with Crippen LogP contribution in [0.25, 0.3) is 0 Å². The van der Waals surface area contributed by atoms with Crippen molar-refractivity contribution < 1.29 is 22.0 Å². The highest BCUT2D eigenvalue weighted by Crippen LogP contribution is 2.26. The van der Waals surface area contributed by atoms with E-state index in [0.717, 1.165) is 28.4 Å². The number of carbonyl (C=O) groups excluding carboxylic acids is 1. The number of hydrogen-bond acceptors (Lipinski definition) is 3. The Hall–Kier alpha value is -2.32. The largest absolute Gasteiger partial charge is 0.326 e. The summed E-state index contributed by atoms with van der Waals surface area (Å²) in [6.45, 7) is 2.18. The maximum atomic E-state index is 13.9. The molecule has 0 aromatic heterocycles. The first-order valence-electron chi connectivity index (χ1n) is 9.16. The second-order valence-electron chi connectivity index (χ2n) is 6.80. The van der Waals surface area contributed by atoms with Gasteiger partial charge in [0, 0.05) is 24.7 Å². The second-order valence-corrected chi connectivity index (χ2v) is 8.70. The molecule has 1 fully saturated rings. The van der Waals surface area contributed by atoms with E-state index in [2.05, 4.69) is 5.32 Å². The van der Waals surface area contributed by atoms with E-state index >= 15 is 0 Å². The number of aryl methyl sites for hydroxylation is 1. The number of anilines is 1. The fourth-order valence-electron chi connectivity index (χ4n) is 3.29. The van der Waals surface area contributed by atoms with Crippen LogP contribution in [0.15, 0.2) is 47.4 Å². The molecule has 1 N–H and O–H groups in total. The minimum Gasteiger partial charge on any atom is -0.326 e. The Morgan fingerprint density at radius 3 is 2.54 bits per heavy atom. The minimum absolute atomic E-state index is 0.0748. The van der Waals surface area contributed by atoms with Gasteiger partial charge < -0.3 is 5.32 Å². The van der Waals surface area contributed by atoms with E-state index in [1.54, 1.807) is 0 Å². The number of rotatable bonds is 5. The van der Waals surface area contributed by atoms with E-state index in [1.165, 1.54) is 0 Å². The first-order valence-corrected chi connectivity index (χ1v) is 10.6. The summed E-state index contributed by atoms with van der Waals surface area (Å²) in [5.74, 6) is -2.31. The average molecular weight is 408 g/mol. The van der Waals surface area contributed by atoms with E-state index in [1.807, 2.05) is 31.2 Å². The van der Waals surface area contributed by atoms with Crippen molar-refractivity contribution in [1.29, 1.82) is 0 Å². The Morgan fingerprint density at radius 2 is 1.86 bits per heavy atom. The molecule has 0 radical (unpaired) electrons. The number of hydrogen-bond donors (Lipinski definition) is 1. The molecule has 150 valence electrons. The van der Waals surface area contributed by atoms with Crippen molar-refractivity contribution in [3.63, 3.8) is 0 Å². The lowest BCUT2D eigenvalue weighted by atomic mass is 9.97. The maximum Gasteiger partial charge on any atom is 0.246 e. The predicted molar refractivity (Wildman–Crippen MR) is 102 cm³/mol. The molecule has 0 unspecified atom stereocenters. The van der Waals surface area contributed by atoms with E-state index in [-0.39, 0.29) is 24.9 Å². The molecule has 5 nitrogen and oxygen atoms in total. The summed E-state index contributed by atoms with van der Waals surface area (Å²) in [5.41, 5.74) is 1.82. The summed E-state index contributed by atoms with van der Waals surface area (Å²) in [7, 11) is -4.15. The van der Waals surface area contributed by atoms with Crippen molar-refractivity contribution in [2.24, 2.45) is 5.92 Å². The molecular formula is C20H22F2N2O3S. The van der Waals surface area contributed by atoms with Gasteiger partial charge in [-0.2, -0.15) is 4.31 Å². The van der Waals surface area contributed by atoms with Crippen molar-refractivity contribution in [2.45, 2.75) is 31.1 Å². The number of amides is 1. The van der Waals surface area contributed by atoms with Gasteiger partial charge in [0.2, 0.25) is 15.9 Å². The number of halogens is 2. The van der Waals surface area contributed by atoms with Gasteiger partial charge in [-0.25, -0.2) is 17.2 Å². The number of nitrogens with zero attached hydrogens (tertiary/aromatic N) is 1. The Kier molecular flexibility index (Phi) is 6.10. The molecule has 0 atom stereocenters. The van der Waals surface area contributed by atoms with Crippen LogP contribution in [0, 0.1) is 17.6 Å². The standard InChI is InChI=1S/C20H22F2N2O3S/c1-2-14-4-3-5-17(12-14)23-20(25)15-8-10-24(11-9-15)28(26,27)19-13-16(21)6-7-18(19)22/h3-7,12-13,15H,2,8-11H2,1H3,(H,23,25). The van der Waals surface area contributed by atoms with Gasteiger partial charge >= 0.3 is 0 Å². The fourth-order valence-corrected chi connectivity index (χ4v) is 4.83. The average Bonchev–Trinajstić information content (AvgIpc) is 2.70. The zero-order chi connectivity index (χ0) is 20.3. The third-order valence-electron chi connectivity index (χ3n) is 4.94. The zero-order valence-corrected chi connectivity index (χ0v) is 16.3. The predicted octanol–water partition coefficient (Wildman–Crippen LogP) is 3.57. The number of carbonyl (C=O) groups is 1. The normalized spacial score (nSPS) is 16.1. The molecule has 1 amide bonds. The van der Waals surface area contributed by atoms with Crippen LogP contribution >= 0.6 is 0 Å². The van der Waals surface area contributed by atoms with Crippen LogP contribution in [0.3, 0.4) is 0 Å². The quantitative estimate of drug-likeness (QED) is 0.823. The summed E-state index contributed by atoms with van der Waals surface area (Å²) >= 11 is 0. The van der Waals surface area contributed by atoms with Gasteiger partial charge in [-0.3, -0.25) is 4.79 Å². The zero-order valence-electron chi connectivity index (χ0n) is 15.5. The van der Waals surface area contributed by atoms with E-state index in [9.17, 15) is 22.0 Å². The van der Waals surface area contributed by atoms with Gasteiger partial charge in [0.1, 0.15) is 16.5 Å². The molecule has 1 heterocycles. The molecule has 8 heteroatoms. The number of nitrogens with one attached hydrogen (secondary N) is 1. The van der Waals surface area contributed by atoms with Crippen LogP contribution in [0.4, 0.5) is 14.5 Å². The van der Waals surface area contributed by atoms with Crippen LogP contribution in [-0.2, 0) is 21.2 Å². The van der Waals surface area contributed by atoms with Crippen LogP contribution in [0.5, 0.6) is 0 Å². The van der Waals surface area contributed by atoms with Crippen molar-refractivity contribution in [3.8, 4) is 0 Å². The fraction of sp³-hybridized carbons (Fsp3) is 0.350. The Morgan fingerprint density at radius 1 is 1.14 bits per heavy atom.